The number of carbonyl (C=O) groups excluding carboxylic acids is 1. The molecule has 0 unspecified atom stereocenters. The van der Waals surface area contributed by atoms with E-state index < -0.39 is 11.6 Å². The molecule has 0 spiro atoms. The first-order valence-electron chi connectivity index (χ1n) is 8.10. The van der Waals surface area contributed by atoms with Gasteiger partial charge in [0.15, 0.2) is 0 Å². The molecule has 2 heterocycles. The normalized spacial score (nSPS) is 17.8. The predicted octanol–water partition coefficient (Wildman–Crippen LogP) is 3.59. The average molecular weight is 334 g/mol. The summed E-state index contributed by atoms with van der Waals surface area (Å²) >= 11 is 0. The van der Waals surface area contributed by atoms with Gasteiger partial charge in [0.1, 0.15) is 17.5 Å². The van der Waals surface area contributed by atoms with Crippen LogP contribution in [0.5, 0.6) is 0 Å². The van der Waals surface area contributed by atoms with E-state index in [-0.39, 0.29) is 17.6 Å². The van der Waals surface area contributed by atoms with Crippen molar-refractivity contribution in [1.29, 1.82) is 0 Å². The van der Waals surface area contributed by atoms with Crippen LogP contribution in [0.15, 0.2) is 30.6 Å². The van der Waals surface area contributed by atoms with Crippen LogP contribution < -0.4 is 5.32 Å². The molecule has 24 heavy (non-hydrogen) atoms. The molecule has 2 aromatic rings. The number of hydrogen-bond donors (Lipinski definition) is 1. The number of amides is 2. The van der Waals surface area contributed by atoms with E-state index in [1.54, 1.807) is 11.1 Å². The lowest BCUT2D eigenvalue weighted by Crippen LogP contribution is -2.42. The molecule has 0 aliphatic carbocycles. The van der Waals surface area contributed by atoms with Gasteiger partial charge in [-0.15, -0.1) is 0 Å². The Morgan fingerprint density at radius 1 is 1.42 bits per heavy atom. The molecule has 1 saturated heterocycles. The topological polar surface area (TPSA) is 50.2 Å². The summed E-state index contributed by atoms with van der Waals surface area (Å²) in [5.74, 6) is -0.311. The van der Waals surface area contributed by atoms with Gasteiger partial charge >= 0.3 is 6.03 Å². The summed E-state index contributed by atoms with van der Waals surface area (Å²) in [5, 5.41) is 2.52. The largest absolute Gasteiger partial charge is 0.335 e. The van der Waals surface area contributed by atoms with Gasteiger partial charge in [-0.05, 0) is 31.9 Å². The number of nitrogens with zero attached hydrogens (tertiary/aromatic N) is 3. The fourth-order valence-electron chi connectivity index (χ4n) is 3.11. The third-order valence-corrected chi connectivity index (χ3v) is 4.33. The van der Waals surface area contributed by atoms with Gasteiger partial charge in [0.25, 0.3) is 0 Å². The van der Waals surface area contributed by atoms with Crippen molar-refractivity contribution in [3.63, 3.8) is 0 Å². The minimum atomic E-state index is -0.779. The fourth-order valence-corrected chi connectivity index (χ4v) is 3.11. The fraction of sp³-hybridized carbons (Fsp3) is 0.412. The smallest absolute Gasteiger partial charge is 0.321 e. The molecule has 1 atom stereocenters. The summed E-state index contributed by atoms with van der Waals surface area (Å²) in [7, 11) is 0. The minimum Gasteiger partial charge on any atom is -0.335 e. The number of anilines is 1. The first-order valence-corrected chi connectivity index (χ1v) is 8.10. The Morgan fingerprint density at radius 2 is 2.25 bits per heavy atom. The average Bonchev–Trinajstić information content (AvgIpc) is 3.06. The Hall–Kier alpha value is -2.44. The van der Waals surface area contributed by atoms with Crippen LogP contribution in [0.25, 0.3) is 0 Å². The Labute approximate surface area is 139 Å². The van der Waals surface area contributed by atoms with Crippen LogP contribution in [-0.4, -0.2) is 33.6 Å². The molecule has 128 valence electrons. The number of imidazole rings is 1. The van der Waals surface area contributed by atoms with Crippen LogP contribution in [0, 0.1) is 11.6 Å². The van der Waals surface area contributed by atoms with Crippen molar-refractivity contribution in [2.24, 2.45) is 0 Å². The molecule has 0 bridgehead atoms. The summed E-state index contributed by atoms with van der Waals surface area (Å²) in [5.41, 5.74) is -0.0152. The maximum Gasteiger partial charge on any atom is 0.321 e. The number of nitrogens with one attached hydrogen (secondary N) is 1. The van der Waals surface area contributed by atoms with E-state index in [9.17, 15) is 13.6 Å². The highest BCUT2D eigenvalue weighted by atomic mass is 19.1. The van der Waals surface area contributed by atoms with Gasteiger partial charge in [0, 0.05) is 44.0 Å². The standard InChI is InChI=1S/C17H20F2N4O/c1-2-22-9-7-20-16(22)12-4-3-8-23(11-12)17(24)21-15-6-5-13(18)10-14(15)19/h5-7,9-10,12H,2-4,8,11H2,1H3,(H,21,24)/t12-/m1/s1. The summed E-state index contributed by atoms with van der Waals surface area (Å²) in [6.07, 6.45) is 5.53. The zero-order valence-corrected chi connectivity index (χ0v) is 13.5. The zero-order valence-electron chi connectivity index (χ0n) is 13.5. The molecule has 1 N–H and O–H groups in total. The number of aromatic nitrogens is 2. The van der Waals surface area contributed by atoms with Crippen LogP contribution in [-0.2, 0) is 6.54 Å². The van der Waals surface area contributed by atoms with E-state index in [2.05, 4.69) is 21.8 Å². The lowest BCUT2D eigenvalue weighted by Gasteiger charge is -2.32. The van der Waals surface area contributed by atoms with E-state index in [1.165, 1.54) is 6.07 Å². The molecular formula is C17H20F2N4O. The van der Waals surface area contributed by atoms with Gasteiger partial charge in [-0.25, -0.2) is 18.6 Å². The van der Waals surface area contributed by atoms with Crippen LogP contribution in [0.3, 0.4) is 0 Å². The number of rotatable bonds is 3. The molecule has 0 saturated carbocycles. The van der Waals surface area contributed by atoms with Gasteiger partial charge < -0.3 is 14.8 Å². The SMILES string of the molecule is CCn1ccnc1[C@@H]1CCCN(C(=O)Nc2ccc(F)cc2F)C1. The third kappa shape index (κ3) is 3.39. The number of halogens is 2. The Bertz CT molecular complexity index is 731. The van der Waals surface area contributed by atoms with E-state index >= 15 is 0 Å². The highest BCUT2D eigenvalue weighted by Crippen LogP contribution is 2.26. The monoisotopic (exact) mass is 334 g/mol. The molecule has 7 heteroatoms. The molecule has 0 radical (unpaired) electrons. The lowest BCUT2D eigenvalue weighted by atomic mass is 9.97. The number of hydrogen-bond acceptors (Lipinski definition) is 2. The molecule has 3 rings (SSSR count). The highest BCUT2D eigenvalue weighted by molar-refractivity contribution is 5.89. The van der Waals surface area contributed by atoms with Crippen molar-refractivity contribution < 1.29 is 13.6 Å². The maximum absolute atomic E-state index is 13.7. The summed E-state index contributed by atoms with van der Waals surface area (Å²) in [4.78, 5) is 18.5. The van der Waals surface area contributed by atoms with Gasteiger partial charge in [0.05, 0.1) is 5.69 Å². The van der Waals surface area contributed by atoms with Crippen molar-refractivity contribution in [3.05, 3.63) is 48.1 Å². The molecule has 1 aromatic carbocycles. The van der Waals surface area contributed by atoms with E-state index in [4.69, 9.17) is 0 Å². The second-order valence-corrected chi connectivity index (χ2v) is 5.91. The summed E-state index contributed by atoms with van der Waals surface area (Å²) in [6, 6.07) is 2.73. The van der Waals surface area contributed by atoms with E-state index in [0.29, 0.717) is 13.1 Å². The molecule has 5 nitrogen and oxygen atoms in total. The third-order valence-electron chi connectivity index (χ3n) is 4.33. The number of urea groups is 1. The molecule has 1 fully saturated rings. The summed E-state index contributed by atoms with van der Waals surface area (Å²) in [6.45, 7) is 4.03. The zero-order chi connectivity index (χ0) is 17.1. The predicted molar refractivity (Wildman–Crippen MR) is 86.8 cm³/mol. The van der Waals surface area contributed by atoms with Crippen molar-refractivity contribution >= 4 is 11.7 Å². The Kier molecular flexibility index (Phi) is 4.78. The van der Waals surface area contributed by atoms with Gasteiger partial charge in [-0.3, -0.25) is 0 Å². The quantitative estimate of drug-likeness (QED) is 0.932. The van der Waals surface area contributed by atoms with Crippen molar-refractivity contribution in [1.82, 2.24) is 14.5 Å². The van der Waals surface area contributed by atoms with Gasteiger partial charge in [-0.1, -0.05) is 0 Å². The molecule has 1 aliphatic heterocycles. The van der Waals surface area contributed by atoms with Crippen LogP contribution in [0.4, 0.5) is 19.3 Å². The first kappa shape index (κ1) is 16.4. The van der Waals surface area contributed by atoms with Crippen molar-refractivity contribution in [3.8, 4) is 0 Å². The van der Waals surface area contributed by atoms with Crippen LogP contribution in [0.2, 0.25) is 0 Å². The second-order valence-electron chi connectivity index (χ2n) is 5.91. The number of piperidine rings is 1. The number of aryl methyl sites for hydroxylation is 1. The highest BCUT2D eigenvalue weighted by Gasteiger charge is 2.27. The Morgan fingerprint density at radius 3 is 3.00 bits per heavy atom. The van der Waals surface area contributed by atoms with Crippen LogP contribution in [0.1, 0.15) is 31.5 Å². The van der Waals surface area contributed by atoms with E-state index in [0.717, 1.165) is 37.3 Å². The lowest BCUT2D eigenvalue weighted by molar-refractivity contribution is 0.190. The van der Waals surface area contributed by atoms with Gasteiger partial charge in [0.2, 0.25) is 0 Å². The maximum atomic E-state index is 13.7. The van der Waals surface area contributed by atoms with Crippen LogP contribution >= 0.6 is 0 Å². The molecule has 1 aromatic heterocycles. The van der Waals surface area contributed by atoms with E-state index in [1.807, 2.05) is 6.20 Å². The molecule has 1 aliphatic rings. The number of benzene rings is 1. The molecular weight excluding hydrogens is 314 g/mol. The number of likely N-dealkylation sites (tertiary alicyclic amines) is 1. The first-order chi connectivity index (χ1) is 11.6. The molecule has 2 amide bonds. The number of carbonyl (C=O) groups is 1. The summed E-state index contributed by atoms with van der Waals surface area (Å²) < 4.78 is 28.7. The minimum absolute atomic E-state index is 0.0152. The van der Waals surface area contributed by atoms with Crippen molar-refractivity contribution in [2.75, 3.05) is 18.4 Å². The van der Waals surface area contributed by atoms with Gasteiger partial charge in [-0.2, -0.15) is 0 Å². The Balaban J connectivity index is 1.69. The second kappa shape index (κ2) is 6.98. The van der Waals surface area contributed by atoms with Crippen molar-refractivity contribution in [2.45, 2.75) is 32.2 Å².